The number of benzene rings is 2. The molecule has 0 aliphatic rings. The third-order valence-electron chi connectivity index (χ3n) is 4.71. The van der Waals surface area contributed by atoms with E-state index in [9.17, 15) is 17.6 Å². The molecule has 0 fully saturated rings. The van der Waals surface area contributed by atoms with Crippen LogP contribution in [0, 0.1) is 12.7 Å². The zero-order valence-electron chi connectivity index (χ0n) is 16.9. The van der Waals surface area contributed by atoms with E-state index in [4.69, 9.17) is 0 Å². The van der Waals surface area contributed by atoms with Gasteiger partial charge in [-0.2, -0.15) is 0 Å². The van der Waals surface area contributed by atoms with Gasteiger partial charge in [0.2, 0.25) is 10.0 Å². The number of carbonyl (C=O) groups is 1. The Morgan fingerprint density at radius 1 is 1.23 bits per heavy atom. The molecule has 9 heteroatoms. The number of hydrogen-bond acceptors (Lipinski definition) is 4. The van der Waals surface area contributed by atoms with Crippen LogP contribution < -0.4 is 10.0 Å². The van der Waals surface area contributed by atoms with Crippen molar-refractivity contribution in [2.45, 2.75) is 24.8 Å². The molecule has 158 valence electrons. The maximum Gasteiger partial charge on any atom is 0.252 e. The van der Waals surface area contributed by atoms with Gasteiger partial charge in [-0.3, -0.25) is 4.79 Å². The van der Waals surface area contributed by atoms with Crippen LogP contribution in [0.15, 0.2) is 59.8 Å². The molecule has 1 aromatic heterocycles. The van der Waals surface area contributed by atoms with E-state index in [0.717, 1.165) is 0 Å². The Hall–Kier alpha value is -3.04. The molecule has 1 unspecified atom stereocenters. The SMILES string of the molecule is CCNS(=O)(=O)c1ccc(C)c(C(=O)NC(c2ccccc2F)c2nccn2C)c1. The summed E-state index contributed by atoms with van der Waals surface area (Å²) in [5.74, 6) is -0.564. The maximum atomic E-state index is 14.5. The highest BCUT2D eigenvalue weighted by Gasteiger charge is 2.25. The van der Waals surface area contributed by atoms with E-state index in [1.54, 1.807) is 62.1 Å². The molecule has 3 rings (SSSR count). The number of rotatable bonds is 7. The first-order valence-electron chi connectivity index (χ1n) is 9.37. The van der Waals surface area contributed by atoms with E-state index in [2.05, 4.69) is 15.0 Å². The predicted molar refractivity (Wildman–Crippen MR) is 111 cm³/mol. The highest BCUT2D eigenvalue weighted by molar-refractivity contribution is 7.89. The van der Waals surface area contributed by atoms with Crippen molar-refractivity contribution in [2.24, 2.45) is 7.05 Å². The van der Waals surface area contributed by atoms with Gasteiger partial charge in [-0.1, -0.05) is 31.2 Å². The fraction of sp³-hybridized carbons (Fsp3) is 0.238. The van der Waals surface area contributed by atoms with Gasteiger partial charge in [0.15, 0.2) is 0 Å². The van der Waals surface area contributed by atoms with Crippen molar-refractivity contribution in [3.05, 3.63) is 83.2 Å². The lowest BCUT2D eigenvalue weighted by Crippen LogP contribution is -2.32. The molecule has 3 aromatic rings. The number of nitrogens with zero attached hydrogens (tertiary/aromatic N) is 2. The summed E-state index contributed by atoms with van der Waals surface area (Å²) in [6.07, 6.45) is 3.26. The lowest BCUT2D eigenvalue weighted by Gasteiger charge is -2.20. The summed E-state index contributed by atoms with van der Waals surface area (Å²) in [4.78, 5) is 17.4. The first-order chi connectivity index (χ1) is 14.2. The van der Waals surface area contributed by atoms with Gasteiger partial charge in [-0.05, 0) is 30.7 Å². The summed E-state index contributed by atoms with van der Waals surface area (Å²) in [5, 5.41) is 2.81. The average molecular weight is 431 g/mol. The normalized spacial score (nSPS) is 12.5. The topological polar surface area (TPSA) is 93.1 Å². The van der Waals surface area contributed by atoms with Gasteiger partial charge in [0.25, 0.3) is 5.91 Å². The summed E-state index contributed by atoms with van der Waals surface area (Å²) in [7, 11) is -1.98. The summed E-state index contributed by atoms with van der Waals surface area (Å²) >= 11 is 0. The maximum absolute atomic E-state index is 14.5. The lowest BCUT2D eigenvalue weighted by molar-refractivity contribution is 0.0940. The first-order valence-corrected chi connectivity index (χ1v) is 10.9. The largest absolute Gasteiger partial charge is 0.338 e. The van der Waals surface area contributed by atoms with Gasteiger partial charge in [0, 0.05) is 37.1 Å². The molecule has 0 bridgehead atoms. The Balaban J connectivity index is 2.02. The Kier molecular flexibility index (Phi) is 6.33. The third kappa shape index (κ3) is 4.42. The second-order valence-electron chi connectivity index (χ2n) is 6.80. The molecule has 1 heterocycles. The molecule has 0 aliphatic heterocycles. The van der Waals surface area contributed by atoms with Crippen LogP contribution in [0.4, 0.5) is 4.39 Å². The van der Waals surface area contributed by atoms with Crippen molar-refractivity contribution in [1.29, 1.82) is 0 Å². The number of amides is 1. The minimum Gasteiger partial charge on any atom is -0.338 e. The number of sulfonamides is 1. The van der Waals surface area contributed by atoms with E-state index in [1.807, 2.05) is 0 Å². The van der Waals surface area contributed by atoms with Gasteiger partial charge in [-0.15, -0.1) is 0 Å². The van der Waals surface area contributed by atoms with Gasteiger partial charge in [-0.25, -0.2) is 22.5 Å². The van der Waals surface area contributed by atoms with Gasteiger partial charge in [0.1, 0.15) is 17.7 Å². The molecular formula is C21H23FN4O3S. The van der Waals surface area contributed by atoms with Crippen LogP contribution in [0.25, 0.3) is 0 Å². The van der Waals surface area contributed by atoms with Crippen molar-refractivity contribution in [3.8, 4) is 0 Å². The van der Waals surface area contributed by atoms with Crippen LogP contribution in [-0.4, -0.2) is 30.4 Å². The van der Waals surface area contributed by atoms with Crippen LogP contribution in [0.3, 0.4) is 0 Å². The van der Waals surface area contributed by atoms with E-state index in [-0.39, 0.29) is 22.6 Å². The van der Waals surface area contributed by atoms with Crippen LogP contribution in [0.1, 0.15) is 40.3 Å². The minimum absolute atomic E-state index is 0.0143. The van der Waals surface area contributed by atoms with Crippen molar-refractivity contribution in [2.75, 3.05) is 6.54 Å². The number of imidazole rings is 1. The van der Waals surface area contributed by atoms with E-state index < -0.39 is 27.8 Å². The molecule has 0 saturated carbocycles. The quantitative estimate of drug-likeness (QED) is 0.603. The Labute approximate surface area is 175 Å². The molecule has 0 radical (unpaired) electrons. The first kappa shape index (κ1) is 21.7. The molecule has 2 N–H and O–H groups in total. The monoisotopic (exact) mass is 430 g/mol. The zero-order chi connectivity index (χ0) is 21.9. The molecule has 0 saturated heterocycles. The Bertz CT molecular complexity index is 1170. The second-order valence-corrected chi connectivity index (χ2v) is 8.57. The number of aryl methyl sites for hydroxylation is 2. The summed E-state index contributed by atoms with van der Waals surface area (Å²) in [6.45, 7) is 3.61. The molecule has 1 amide bonds. The molecule has 0 aliphatic carbocycles. The molecule has 2 aromatic carbocycles. The summed E-state index contributed by atoms with van der Waals surface area (Å²) in [6, 6.07) is 9.60. The zero-order valence-corrected chi connectivity index (χ0v) is 17.7. The number of aromatic nitrogens is 2. The van der Waals surface area contributed by atoms with E-state index >= 15 is 0 Å². The standard InChI is InChI=1S/C21H23FN4O3S/c1-4-24-30(28,29)15-10-9-14(2)17(13-15)21(27)25-19(20-23-11-12-26(20)3)16-7-5-6-8-18(16)22/h5-13,19,24H,4H2,1-3H3,(H,25,27). The van der Waals surface area contributed by atoms with Crippen LogP contribution in [0.2, 0.25) is 0 Å². The van der Waals surface area contributed by atoms with Crippen LogP contribution in [0.5, 0.6) is 0 Å². The van der Waals surface area contributed by atoms with Crippen molar-refractivity contribution >= 4 is 15.9 Å². The highest BCUT2D eigenvalue weighted by atomic mass is 32.2. The number of nitrogens with one attached hydrogen (secondary N) is 2. The second kappa shape index (κ2) is 8.76. The molecule has 0 spiro atoms. The van der Waals surface area contributed by atoms with Gasteiger partial charge >= 0.3 is 0 Å². The van der Waals surface area contributed by atoms with Gasteiger partial charge < -0.3 is 9.88 Å². The smallest absolute Gasteiger partial charge is 0.252 e. The summed E-state index contributed by atoms with van der Waals surface area (Å²) < 4.78 is 43.3. The van der Waals surface area contributed by atoms with Gasteiger partial charge in [0.05, 0.1) is 4.90 Å². The average Bonchev–Trinajstić information content (AvgIpc) is 3.12. The molecular weight excluding hydrogens is 407 g/mol. The van der Waals surface area contributed by atoms with E-state index in [1.165, 1.54) is 18.2 Å². The highest BCUT2D eigenvalue weighted by Crippen LogP contribution is 2.24. The number of carbonyl (C=O) groups excluding carboxylic acids is 1. The number of halogens is 1. The van der Waals surface area contributed by atoms with Crippen molar-refractivity contribution in [3.63, 3.8) is 0 Å². The predicted octanol–water partition coefficient (Wildman–Crippen LogP) is 2.69. The fourth-order valence-electron chi connectivity index (χ4n) is 3.14. The van der Waals surface area contributed by atoms with E-state index in [0.29, 0.717) is 11.4 Å². The summed E-state index contributed by atoms with van der Waals surface area (Å²) in [5.41, 5.74) is 1.04. The fourth-order valence-corrected chi connectivity index (χ4v) is 4.21. The molecule has 7 nitrogen and oxygen atoms in total. The third-order valence-corrected chi connectivity index (χ3v) is 6.25. The van der Waals surface area contributed by atoms with Crippen LogP contribution in [-0.2, 0) is 17.1 Å². The van der Waals surface area contributed by atoms with Crippen molar-refractivity contribution in [1.82, 2.24) is 19.6 Å². The molecule has 30 heavy (non-hydrogen) atoms. The Morgan fingerprint density at radius 3 is 2.60 bits per heavy atom. The van der Waals surface area contributed by atoms with Crippen LogP contribution >= 0.6 is 0 Å². The lowest BCUT2D eigenvalue weighted by atomic mass is 10.0. The molecule has 1 atom stereocenters. The number of hydrogen-bond donors (Lipinski definition) is 2. The Morgan fingerprint density at radius 2 is 1.97 bits per heavy atom. The minimum atomic E-state index is -3.73. The van der Waals surface area contributed by atoms with Crippen molar-refractivity contribution < 1.29 is 17.6 Å².